The molecule has 0 bridgehead atoms. The first kappa shape index (κ1) is 38.9. The molecule has 0 aromatic rings. The van der Waals surface area contributed by atoms with Crippen LogP contribution in [-0.2, 0) is 9.59 Å². The van der Waals surface area contributed by atoms with Crippen molar-refractivity contribution in [3.63, 3.8) is 0 Å². The molecule has 0 saturated carbocycles. The molecule has 238 valence electrons. The molecule has 0 aliphatic rings. The standard InChI is InChI=1S/C36H70O4/c1-6-10-24-31(8-3)29-36(5,30-32(9-4)25-11-7-2)33(28-35(39)40)26-22-20-18-16-14-12-13-15-17-19-21-23-27-34(37)38/h31-33H,6-30H2,1-5H3,(H,37,38)(H,39,40). The fourth-order valence-corrected chi connectivity index (χ4v) is 6.96. The summed E-state index contributed by atoms with van der Waals surface area (Å²) in [6.45, 7) is 11.7. The number of hydrogen-bond donors (Lipinski definition) is 2. The van der Waals surface area contributed by atoms with Crippen LogP contribution in [-0.4, -0.2) is 22.2 Å². The summed E-state index contributed by atoms with van der Waals surface area (Å²) in [7, 11) is 0. The lowest BCUT2D eigenvalue weighted by Gasteiger charge is -2.42. The van der Waals surface area contributed by atoms with Gasteiger partial charge in [0.2, 0.25) is 0 Å². The monoisotopic (exact) mass is 567 g/mol. The average Bonchev–Trinajstić information content (AvgIpc) is 2.92. The van der Waals surface area contributed by atoms with Crippen molar-refractivity contribution in [3.05, 3.63) is 0 Å². The molecule has 2 N–H and O–H groups in total. The van der Waals surface area contributed by atoms with Gasteiger partial charge < -0.3 is 10.2 Å². The molecule has 0 heterocycles. The van der Waals surface area contributed by atoms with Crippen molar-refractivity contribution in [2.75, 3.05) is 0 Å². The number of carboxylic acids is 2. The zero-order valence-electron chi connectivity index (χ0n) is 27.6. The van der Waals surface area contributed by atoms with Gasteiger partial charge in [0.1, 0.15) is 0 Å². The minimum absolute atomic E-state index is 0.120. The second-order valence-electron chi connectivity index (χ2n) is 13.4. The Morgan fingerprint density at radius 1 is 0.550 bits per heavy atom. The molecule has 4 nitrogen and oxygen atoms in total. The van der Waals surface area contributed by atoms with E-state index in [9.17, 15) is 14.7 Å². The summed E-state index contributed by atoms with van der Waals surface area (Å²) in [4.78, 5) is 22.6. The van der Waals surface area contributed by atoms with E-state index in [2.05, 4.69) is 34.6 Å². The molecular weight excluding hydrogens is 496 g/mol. The molecule has 0 saturated heterocycles. The van der Waals surface area contributed by atoms with Gasteiger partial charge in [-0.1, -0.05) is 157 Å². The Morgan fingerprint density at radius 3 is 1.30 bits per heavy atom. The number of unbranched alkanes of at least 4 members (excludes halogenated alkanes) is 13. The van der Waals surface area contributed by atoms with Crippen LogP contribution in [0.3, 0.4) is 0 Å². The molecule has 3 unspecified atom stereocenters. The van der Waals surface area contributed by atoms with E-state index >= 15 is 0 Å². The van der Waals surface area contributed by atoms with Crippen molar-refractivity contribution in [2.24, 2.45) is 23.2 Å². The van der Waals surface area contributed by atoms with E-state index in [0.29, 0.717) is 12.8 Å². The first-order valence-corrected chi connectivity index (χ1v) is 17.7. The molecule has 0 aromatic heterocycles. The number of hydrogen-bond acceptors (Lipinski definition) is 2. The van der Waals surface area contributed by atoms with Crippen LogP contribution in [0.5, 0.6) is 0 Å². The van der Waals surface area contributed by atoms with Gasteiger partial charge in [-0.25, -0.2) is 0 Å². The van der Waals surface area contributed by atoms with Crippen LogP contribution in [0.15, 0.2) is 0 Å². The fourth-order valence-electron chi connectivity index (χ4n) is 6.96. The molecule has 0 aliphatic heterocycles. The van der Waals surface area contributed by atoms with Crippen LogP contribution in [0, 0.1) is 23.2 Å². The lowest BCUT2D eigenvalue weighted by atomic mass is 9.62. The van der Waals surface area contributed by atoms with Gasteiger partial charge in [0.25, 0.3) is 0 Å². The Hall–Kier alpha value is -1.06. The number of rotatable bonds is 30. The van der Waals surface area contributed by atoms with Crippen LogP contribution >= 0.6 is 0 Å². The van der Waals surface area contributed by atoms with Crippen molar-refractivity contribution in [2.45, 2.75) is 195 Å². The van der Waals surface area contributed by atoms with E-state index in [0.717, 1.165) is 31.1 Å². The van der Waals surface area contributed by atoms with Gasteiger partial charge in [-0.2, -0.15) is 0 Å². The molecule has 0 radical (unpaired) electrons. The maximum atomic E-state index is 12.0. The van der Waals surface area contributed by atoms with Crippen molar-refractivity contribution in [1.82, 2.24) is 0 Å². The van der Waals surface area contributed by atoms with Crippen LogP contribution in [0.2, 0.25) is 0 Å². The molecule has 0 amide bonds. The lowest BCUT2D eigenvalue weighted by Crippen LogP contribution is -2.34. The lowest BCUT2D eigenvalue weighted by molar-refractivity contribution is -0.140. The summed E-state index contributed by atoms with van der Waals surface area (Å²) in [6.07, 6.45) is 28.6. The second kappa shape index (κ2) is 25.6. The van der Waals surface area contributed by atoms with Gasteiger partial charge in [0.05, 0.1) is 0 Å². The van der Waals surface area contributed by atoms with E-state index in [1.165, 1.54) is 128 Å². The van der Waals surface area contributed by atoms with Crippen LogP contribution in [0.25, 0.3) is 0 Å². The van der Waals surface area contributed by atoms with Gasteiger partial charge >= 0.3 is 11.9 Å². The van der Waals surface area contributed by atoms with E-state index in [-0.39, 0.29) is 11.3 Å². The third-order valence-electron chi connectivity index (χ3n) is 9.70. The highest BCUT2D eigenvalue weighted by Crippen LogP contribution is 2.47. The van der Waals surface area contributed by atoms with Crippen molar-refractivity contribution in [1.29, 1.82) is 0 Å². The first-order chi connectivity index (χ1) is 19.2. The van der Waals surface area contributed by atoms with Crippen molar-refractivity contribution in [3.8, 4) is 0 Å². The summed E-state index contributed by atoms with van der Waals surface area (Å²) in [5, 5.41) is 18.6. The highest BCUT2D eigenvalue weighted by Gasteiger charge is 2.38. The summed E-state index contributed by atoms with van der Waals surface area (Å²) in [6, 6.07) is 0. The molecule has 3 atom stereocenters. The Labute approximate surface area is 249 Å². The van der Waals surface area contributed by atoms with Crippen LogP contribution in [0.1, 0.15) is 195 Å². The molecule has 0 spiro atoms. The average molecular weight is 567 g/mol. The smallest absolute Gasteiger partial charge is 0.303 e. The maximum Gasteiger partial charge on any atom is 0.303 e. The quantitative estimate of drug-likeness (QED) is 0.0848. The molecule has 0 rings (SSSR count). The second-order valence-corrected chi connectivity index (χ2v) is 13.4. The topological polar surface area (TPSA) is 74.6 Å². The third-order valence-corrected chi connectivity index (χ3v) is 9.70. The zero-order chi connectivity index (χ0) is 30.1. The van der Waals surface area contributed by atoms with Gasteiger partial charge in [-0.05, 0) is 48.9 Å². The molecule has 0 aromatic carbocycles. The van der Waals surface area contributed by atoms with E-state index in [1.807, 2.05) is 0 Å². The predicted molar refractivity (Wildman–Crippen MR) is 172 cm³/mol. The number of aliphatic carboxylic acids is 2. The molecule has 0 fully saturated rings. The van der Waals surface area contributed by atoms with Crippen LogP contribution < -0.4 is 0 Å². The van der Waals surface area contributed by atoms with Gasteiger partial charge in [-0.3, -0.25) is 9.59 Å². The largest absolute Gasteiger partial charge is 0.481 e. The van der Waals surface area contributed by atoms with E-state index in [1.54, 1.807) is 0 Å². The number of carbonyl (C=O) groups is 2. The summed E-state index contributed by atoms with van der Waals surface area (Å²) in [5.74, 6) is 0.434. The first-order valence-electron chi connectivity index (χ1n) is 17.7. The SMILES string of the molecule is CCCCC(CC)CC(C)(CC(CC)CCCC)C(CCCCCCCCCCCCCCC(=O)O)CC(=O)O. The van der Waals surface area contributed by atoms with Gasteiger partial charge in [-0.15, -0.1) is 0 Å². The van der Waals surface area contributed by atoms with Crippen molar-refractivity contribution >= 4 is 11.9 Å². The predicted octanol–water partition coefficient (Wildman–Crippen LogP) is 11.8. The Balaban J connectivity index is 4.75. The Kier molecular flexibility index (Phi) is 25.0. The minimum atomic E-state index is -0.675. The summed E-state index contributed by atoms with van der Waals surface area (Å²) >= 11 is 0. The minimum Gasteiger partial charge on any atom is -0.481 e. The van der Waals surface area contributed by atoms with Crippen molar-refractivity contribution < 1.29 is 19.8 Å². The van der Waals surface area contributed by atoms with Gasteiger partial charge in [0.15, 0.2) is 0 Å². The highest BCUT2D eigenvalue weighted by atomic mass is 16.4. The highest BCUT2D eigenvalue weighted by molar-refractivity contribution is 5.67. The summed E-state index contributed by atoms with van der Waals surface area (Å²) < 4.78 is 0. The number of carboxylic acid groups (broad SMARTS) is 2. The zero-order valence-corrected chi connectivity index (χ0v) is 27.6. The van der Waals surface area contributed by atoms with Gasteiger partial charge in [0, 0.05) is 12.8 Å². The summed E-state index contributed by atoms with van der Waals surface area (Å²) in [5.41, 5.74) is 0.120. The van der Waals surface area contributed by atoms with E-state index in [4.69, 9.17) is 5.11 Å². The van der Waals surface area contributed by atoms with Crippen LogP contribution in [0.4, 0.5) is 0 Å². The normalized spacial score (nSPS) is 15.4. The molecule has 0 aliphatic carbocycles. The molecular formula is C36H70O4. The third kappa shape index (κ3) is 20.8. The van der Waals surface area contributed by atoms with E-state index < -0.39 is 11.9 Å². The Bertz CT molecular complexity index is 584. The Morgan fingerprint density at radius 2 is 0.950 bits per heavy atom. The maximum absolute atomic E-state index is 12.0. The molecule has 4 heteroatoms. The fraction of sp³-hybridized carbons (Fsp3) is 0.944. The molecule has 40 heavy (non-hydrogen) atoms.